The molecule has 6 heteroatoms. The molecule has 1 fully saturated rings. The van der Waals surface area contributed by atoms with E-state index in [1.807, 2.05) is 43.0 Å². The molecule has 1 saturated heterocycles. The molecule has 1 aromatic heterocycles. The molecule has 2 aliphatic rings. The Morgan fingerprint density at radius 2 is 1.93 bits per heavy atom. The van der Waals surface area contributed by atoms with Crippen molar-refractivity contribution in [2.24, 2.45) is 0 Å². The van der Waals surface area contributed by atoms with Gasteiger partial charge in [-0.2, -0.15) is 0 Å². The summed E-state index contributed by atoms with van der Waals surface area (Å²) in [4.78, 5) is 15.0. The minimum atomic E-state index is -0.514. The third kappa shape index (κ3) is 3.70. The highest BCUT2D eigenvalue weighted by molar-refractivity contribution is 5.81. The number of amides is 1. The molecule has 4 rings (SSSR count). The Kier molecular flexibility index (Phi) is 5.14. The summed E-state index contributed by atoms with van der Waals surface area (Å²) < 4.78 is 8.17. The fourth-order valence-electron chi connectivity index (χ4n) is 4.16. The zero-order valence-corrected chi connectivity index (χ0v) is 16.2. The lowest BCUT2D eigenvalue weighted by atomic mass is 10.2. The number of benzene rings is 1. The van der Waals surface area contributed by atoms with Gasteiger partial charge < -0.3 is 14.2 Å². The molecule has 0 N–H and O–H groups in total. The van der Waals surface area contributed by atoms with Gasteiger partial charge in [0.2, 0.25) is 0 Å². The van der Waals surface area contributed by atoms with Crippen LogP contribution in [0.1, 0.15) is 62.3 Å². The zero-order chi connectivity index (χ0) is 18.8. The maximum absolute atomic E-state index is 13.1. The Labute approximate surface area is 160 Å². The van der Waals surface area contributed by atoms with E-state index in [1.54, 1.807) is 0 Å². The lowest BCUT2D eigenvalue weighted by Gasteiger charge is -2.27. The van der Waals surface area contributed by atoms with Crippen molar-refractivity contribution in [2.75, 3.05) is 6.54 Å². The van der Waals surface area contributed by atoms with Crippen LogP contribution in [-0.2, 0) is 17.8 Å². The van der Waals surface area contributed by atoms with Crippen LogP contribution in [0, 0.1) is 6.92 Å². The smallest absolute Gasteiger partial charge is 0.263 e. The molecule has 2 atom stereocenters. The highest BCUT2D eigenvalue weighted by Gasteiger charge is 2.36. The van der Waals surface area contributed by atoms with E-state index in [2.05, 4.69) is 14.8 Å². The Bertz CT molecular complexity index is 799. The maximum atomic E-state index is 13.1. The van der Waals surface area contributed by atoms with Crippen molar-refractivity contribution in [3.05, 3.63) is 41.5 Å². The van der Waals surface area contributed by atoms with Crippen LogP contribution < -0.4 is 4.74 Å². The molecular formula is C21H28N4O2. The van der Waals surface area contributed by atoms with E-state index in [4.69, 9.17) is 4.74 Å². The minimum absolute atomic E-state index is 0.0147. The molecule has 0 spiro atoms. The molecule has 6 nitrogen and oxygen atoms in total. The molecule has 2 unspecified atom stereocenters. The average molecular weight is 368 g/mol. The second-order valence-electron chi connectivity index (χ2n) is 7.70. The van der Waals surface area contributed by atoms with Crippen molar-refractivity contribution in [2.45, 2.75) is 71.1 Å². The first-order chi connectivity index (χ1) is 13.1. The Balaban J connectivity index is 1.50. The van der Waals surface area contributed by atoms with E-state index in [0.717, 1.165) is 56.2 Å². The molecule has 0 saturated carbocycles. The van der Waals surface area contributed by atoms with Gasteiger partial charge in [-0.25, -0.2) is 0 Å². The van der Waals surface area contributed by atoms with Crippen LogP contribution in [0.4, 0.5) is 0 Å². The van der Waals surface area contributed by atoms with Gasteiger partial charge in [0.1, 0.15) is 11.6 Å². The fraction of sp³-hybridized carbons (Fsp3) is 0.571. The molecular weight excluding hydrogens is 340 g/mol. The summed E-state index contributed by atoms with van der Waals surface area (Å²) in [6.07, 6.45) is 5.98. The molecule has 1 aromatic carbocycles. The standard InChI is InChI=1S/C21H28N4O2/c1-15-9-11-17(12-10-15)27-16(2)21(26)24-14-6-7-18(24)20-23-22-19-8-4-3-5-13-25(19)20/h9-12,16,18H,3-8,13-14H2,1-2H3. The second kappa shape index (κ2) is 7.71. The van der Waals surface area contributed by atoms with Crippen LogP contribution in [0.3, 0.4) is 0 Å². The first-order valence-electron chi connectivity index (χ1n) is 10.1. The Hall–Kier alpha value is -2.37. The summed E-state index contributed by atoms with van der Waals surface area (Å²) in [5, 5.41) is 8.91. The number of fused-ring (bicyclic) bond motifs is 1. The predicted molar refractivity (Wildman–Crippen MR) is 103 cm³/mol. The van der Waals surface area contributed by atoms with Gasteiger partial charge in [0.05, 0.1) is 6.04 Å². The molecule has 2 aromatic rings. The highest BCUT2D eigenvalue weighted by atomic mass is 16.5. The van der Waals surface area contributed by atoms with E-state index in [1.165, 1.54) is 18.4 Å². The number of aromatic nitrogens is 3. The van der Waals surface area contributed by atoms with Crippen LogP contribution in [-0.4, -0.2) is 38.2 Å². The van der Waals surface area contributed by atoms with Gasteiger partial charge in [0.15, 0.2) is 11.9 Å². The predicted octanol–water partition coefficient (Wildman–Crippen LogP) is 3.44. The molecule has 27 heavy (non-hydrogen) atoms. The SMILES string of the molecule is Cc1ccc(OC(C)C(=O)N2CCCC2c2nnc3n2CCCCC3)cc1. The lowest BCUT2D eigenvalue weighted by molar-refractivity contribution is -0.139. The van der Waals surface area contributed by atoms with Crippen LogP contribution in [0.15, 0.2) is 24.3 Å². The molecule has 0 aliphatic carbocycles. The normalized spacial score (nSPS) is 20.8. The summed E-state index contributed by atoms with van der Waals surface area (Å²) in [6.45, 7) is 5.59. The molecule has 2 aliphatic heterocycles. The summed E-state index contributed by atoms with van der Waals surface area (Å²) >= 11 is 0. The van der Waals surface area contributed by atoms with Crippen LogP contribution >= 0.6 is 0 Å². The largest absolute Gasteiger partial charge is 0.481 e. The number of carbonyl (C=O) groups is 1. The van der Waals surface area contributed by atoms with Gasteiger partial charge in [-0.1, -0.05) is 24.1 Å². The molecule has 144 valence electrons. The van der Waals surface area contributed by atoms with E-state index in [9.17, 15) is 4.79 Å². The number of aryl methyl sites for hydroxylation is 2. The van der Waals surface area contributed by atoms with Gasteiger partial charge in [0.25, 0.3) is 5.91 Å². The van der Waals surface area contributed by atoms with Gasteiger partial charge in [-0.05, 0) is 51.7 Å². The fourth-order valence-corrected chi connectivity index (χ4v) is 4.16. The molecule has 0 bridgehead atoms. The minimum Gasteiger partial charge on any atom is -0.481 e. The number of nitrogens with zero attached hydrogens (tertiary/aromatic N) is 4. The van der Waals surface area contributed by atoms with Crippen molar-refractivity contribution in [1.29, 1.82) is 0 Å². The van der Waals surface area contributed by atoms with E-state index >= 15 is 0 Å². The van der Waals surface area contributed by atoms with Crippen LogP contribution in [0.5, 0.6) is 5.75 Å². The first kappa shape index (κ1) is 18.0. The van der Waals surface area contributed by atoms with Crippen molar-refractivity contribution in [3.63, 3.8) is 0 Å². The number of ether oxygens (including phenoxy) is 1. The number of carbonyl (C=O) groups excluding carboxylic acids is 1. The summed E-state index contributed by atoms with van der Waals surface area (Å²) in [7, 11) is 0. The first-order valence-corrected chi connectivity index (χ1v) is 10.1. The third-order valence-corrected chi connectivity index (χ3v) is 5.65. The van der Waals surface area contributed by atoms with Crippen LogP contribution in [0.25, 0.3) is 0 Å². The quantitative estimate of drug-likeness (QED) is 0.829. The van der Waals surface area contributed by atoms with Crippen molar-refractivity contribution < 1.29 is 9.53 Å². The lowest BCUT2D eigenvalue weighted by Crippen LogP contribution is -2.40. The van der Waals surface area contributed by atoms with E-state index < -0.39 is 6.10 Å². The number of rotatable bonds is 4. The van der Waals surface area contributed by atoms with Crippen molar-refractivity contribution >= 4 is 5.91 Å². The zero-order valence-electron chi connectivity index (χ0n) is 16.2. The third-order valence-electron chi connectivity index (χ3n) is 5.65. The summed E-state index contributed by atoms with van der Waals surface area (Å²) in [5.41, 5.74) is 1.17. The Morgan fingerprint density at radius 1 is 1.11 bits per heavy atom. The maximum Gasteiger partial charge on any atom is 0.263 e. The second-order valence-corrected chi connectivity index (χ2v) is 7.70. The van der Waals surface area contributed by atoms with E-state index in [-0.39, 0.29) is 11.9 Å². The van der Waals surface area contributed by atoms with E-state index in [0.29, 0.717) is 0 Å². The Morgan fingerprint density at radius 3 is 2.74 bits per heavy atom. The monoisotopic (exact) mass is 368 g/mol. The van der Waals surface area contributed by atoms with Gasteiger partial charge in [-0.15, -0.1) is 10.2 Å². The highest BCUT2D eigenvalue weighted by Crippen LogP contribution is 2.33. The number of hydrogen-bond donors (Lipinski definition) is 0. The average Bonchev–Trinajstić information content (AvgIpc) is 3.23. The van der Waals surface area contributed by atoms with Gasteiger partial charge >= 0.3 is 0 Å². The van der Waals surface area contributed by atoms with Crippen molar-refractivity contribution in [1.82, 2.24) is 19.7 Å². The van der Waals surface area contributed by atoms with Gasteiger partial charge in [0, 0.05) is 19.5 Å². The molecule has 0 radical (unpaired) electrons. The van der Waals surface area contributed by atoms with Crippen LogP contribution in [0.2, 0.25) is 0 Å². The summed E-state index contributed by atoms with van der Waals surface area (Å²) in [5.74, 6) is 2.80. The molecule has 3 heterocycles. The number of likely N-dealkylation sites (tertiary alicyclic amines) is 1. The molecule has 1 amide bonds. The summed E-state index contributed by atoms with van der Waals surface area (Å²) in [6, 6.07) is 7.84. The van der Waals surface area contributed by atoms with Gasteiger partial charge in [-0.3, -0.25) is 4.79 Å². The number of hydrogen-bond acceptors (Lipinski definition) is 4. The van der Waals surface area contributed by atoms with Crippen molar-refractivity contribution in [3.8, 4) is 5.75 Å². The topological polar surface area (TPSA) is 60.2 Å².